The molecule has 2 aliphatic rings. The van der Waals surface area contributed by atoms with E-state index in [2.05, 4.69) is 19.6 Å². The van der Waals surface area contributed by atoms with E-state index >= 15 is 0 Å². The molecule has 0 aromatic heterocycles. The molecule has 0 spiro atoms. The lowest BCUT2D eigenvalue weighted by Gasteiger charge is -2.40. The maximum absolute atomic E-state index is 9.65. The van der Waals surface area contributed by atoms with E-state index in [0.29, 0.717) is 0 Å². The van der Waals surface area contributed by atoms with E-state index in [1.807, 2.05) is 6.08 Å². The largest absolute Gasteiger partial charge is 0.198 e. The fourth-order valence-corrected chi connectivity index (χ4v) is 5.45. The predicted molar refractivity (Wildman–Crippen MR) is 108 cm³/mol. The van der Waals surface area contributed by atoms with Gasteiger partial charge in [0.25, 0.3) is 0 Å². The highest BCUT2D eigenvalue weighted by Gasteiger charge is 2.38. The molecular weight excluding hydrogens is 302 g/mol. The van der Waals surface area contributed by atoms with E-state index in [0.717, 1.165) is 43.4 Å². The Morgan fingerprint density at radius 1 is 0.960 bits per heavy atom. The fraction of sp³-hybridized carbons (Fsp3) is 0.875. The van der Waals surface area contributed by atoms with Crippen LogP contribution in [0.5, 0.6) is 0 Å². The minimum absolute atomic E-state index is 0.0274. The van der Waals surface area contributed by atoms with Crippen molar-refractivity contribution >= 4 is 0 Å². The van der Waals surface area contributed by atoms with Gasteiger partial charge in [0.05, 0.1) is 11.5 Å². The highest BCUT2D eigenvalue weighted by molar-refractivity contribution is 5.03. The van der Waals surface area contributed by atoms with Crippen LogP contribution in [0.4, 0.5) is 0 Å². The normalized spacial score (nSPS) is 32.9. The molecule has 0 aliphatic heterocycles. The first-order chi connectivity index (χ1) is 12.2. The molecule has 2 saturated carbocycles. The molecule has 0 aromatic carbocycles. The van der Waals surface area contributed by atoms with Crippen LogP contribution in [-0.2, 0) is 0 Å². The summed E-state index contributed by atoms with van der Waals surface area (Å²) in [5, 5.41) is 9.65. The summed E-state index contributed by atoms with van der Waals surface area (Å²) < 4.78 is 0. The van der Waals surface area contributed by atoms with E-state index in [1.165, 1.54) is 77.0 Å². The Kier molecular flexibility index (Phi) is 9.08. The van der Waals surface area contributed by atoms with Gasteiger partial charge in [-0.15, -0.1) is 6.58 Å². The second-order valence-corrected chi connectivity index (χ2v) is 9.04. The van der Waals surface area contributed by atoms with Crippen molar-refractivity contribution in [3.8, 4) is 6.07 Å². The van der Waals surface area contributed by atoms with Gasteiger partial charge in [-0.25, -0.2) is 0 Å². The molecule has 0 unspecified atom stereocenters. The Bertz CT molecular complexity index is 402. The monoisotopic (exact) mass is 343 g/mol. The van der Waals surface area contributed by atoms with Gasteiger partial charge < -0.3 is 0 Å². The smallest absolute Gasteiger partial charge is 0.0689 e. The van der Waals surface area contributed by atoms with Crippen LogP contribution in [0.15, 0.2) is 12.7 Å². The SMILES string of the molecule is C=CCC[C@]1(C#N)CC[C@@H](C2CCC(CCCCCCC)CC2)CC1. The van der Waals surface area contributed by atoms with Crippen LogP contribution in [0.3, 0.4) is 0 Å². The van der Waals surface area contributed by atoms with Crippen LogP contribution in [0.2, 0.25) is 0 Å². The van der Waals surface area contributed by atoms with E-state index in [9.17, 15) is 5.26 Å². The van der Waals surface area contributed by atoms with Crippen LogP contribution >= 0.6 is 0 Å². The van der Waals surface area contributed by atoms with Crippen LogP contribution in [0, 0.1) is 34.5 Å². The average Bonchev–Trinajstić information content (AvgIpc) is 2.67. The van der Waals surface area contributed by atoms with Crippen molar-refractivity contribution < 1.29 is 0 Å². The molecule has 0 atom stereocenters. The Labute approximate surface area is 157 Å². The Morgan fingerprint density at radius 2 is 1.60 bits per heavy atom. The molecule has 1 nitrogen and oxygen atoms in total. The second-order valence-electron chi connectivity index (χ2n) is 9.04. The zero-order valence-corrected chi connectivity index (χ0v) is 16.8. The van der Waals surface area contributed by atoms with Crippen molar-refractivity contribution in [2.75, 3.05) is 0 Å². The van der Waals surface area contributed by atoms with Gasteiger partial charge in [-0.3, -0.25) is 0 Å². The number of nitrogens with zero attached hydrogens (tertiary/aromatic N) is 1. The van der Waals surface area contributed by atoms with Gasteiger partial charge in [0, 0.05) is 0 Å². The quantitative estimate of drug-likeness (QED) is 0.293. The van der Waals surface area contributed by atoms with Crippen molar-refractivity contribution in [2.45, 2.75) is 110 Å². The minimum atomic E-state index is -0.0274. The van der Waals surface area contributed by atoms with Gasteiger partial charge in [-0.2, -0.15) is 5.26 Å². The van der Waals surface area contributed by atoms with Crippen molar-refractivity contribution in [2.24, 2.45) is 23.2 Å². The molecule has 0 aromatic rings. The number of allylic oxidation sites excluding steroid dienone is 1. The molecule has 1 heteroatoms. The molecule has 0 saturated heterocycles. The van der Waals surface area contributed by atoms with Crippen LogP contribution in [0.25, 0.3) is 0 Å². The predicted octanol–water partition coefficient (Wildman–Crippen LogP) is 7.82. The number of nitriles is 1. The van der Waals surface area contributed by atoms with Gasteiger partial charge in [-0.1, -0.05) is 64.4 Å². The summed E-state index contributed by atoms with van der Waals surface area (Å²) >= 11 is 0. The third-order valence-electron chi connectivity index (χ3n) is 7.33. The van der Waals surface area contributed by atoms with Crippen molar-refractivity contribution in [1.29, 1.82) is 5.26 Å². The summed E-state index contributed by atoms with van der Waals surface area (Å²) in [6.07, 6.45) is 23.4. The maximum atomic E-state index is 9.65. The lowest BCUT2D eigenvalue weighted by molar-refractivity contribution is 0.116. The lowest BCUT2D eigenvalue weighted by atomic mass is 9.63. The Morgan fingerprint density at radius 3 is 2.20 bits per heavy atom. The highest BCUT2D eigenvalue weighted by Crippen LogP contribution is 2.47. The van der Waals surface area contributed by atoms with Crippen LogP contribution in [0.1, 0.15) is 110 Å². The third-order valence-corrected chi connectivity index (χ3v) is 7.33. The van der Waals surface area contributed by atoms with Crippen molar-refractivity contribution in [3.05, 3.63) is 12.7 Å². The Hall–Kier alpha value is -0.770. The highest BCUT2D eigenvalue weighted by atomic mass is 14.4. The zero-order chi connectivity index (χ0) is 18.0. The second kappa shape index (κ2) is 11.1. The van der Waals surface area contributed by atoms with Gasteiger partial charge in [0.15, 0.2) is 0 Å². The topological polar surface area (TPSA) is 23.8 Å². The van der Waals surface area contributed by atoms with Gasteiger partial charge >= 0.3 is 0 Å². The molecule has 25 heavy (non-hydrogen) atoms. The van der Waals surface area contributed by atoms with E-state index < -0.39 is 0 Å². The van der Waals surface area contributed by atoms with E-state index in [1.54, 1.807) is 0 Å². The van der Waals surface area contributed by atoms with Gasteiger partial charge in [0.1, 0.15) is 0 Å². The maximum Gasteiger partial charge on any atom is 0.0689 e. The number of hydrogen-bond donors (Lipinski definition) is 0. The van der Waals surface area contributed by atoms with Crippen LogP contribution < -0.4 is 0 Å². The fourth-order valence-electron chi connectivity index (χ4n) is 5.45. The zero-order valence-electron chi connectivity index (χ0n) is 16.8. The summed E-state index contributed by atoms with van der Waals surface area (Å²) in [4.78, 5) is 0. The lowest BCUT2D eigenvalue weighted by Crippen LogP contribution is -2.31. The first-order valence-electron chi connectivity index (χ1n) is 11.2. The standard InChI is InChI=1S/C24H41N/c1-3-5-7-8-9-10-21-11-13-22(14-12-21)23-15-18-24(20-25,19-16-23)17-6-4-2/h4,21-23H,2-3,5-19H2,1H3/t21?,22?,23-,24+. The van der Waals surface area contributed by atoms with Gasteiger partial charge in [0.2, 0.25) is 0 Å². The molecule has 0 N–H and O–H groups in total. The number of unbranched alkanes of at least 4 members (excludes halogenated alkanes) is 4. The van der Waals surface area contributed by atoms with Crippen LogP contribution in [-0.4, -0.2) is 0 Å². The first-order valence-corrected chi connectivity index (χ1v) is 11.2. The molecule has 0 heterocycles. The first kappa shape index (κ1) is 20.5. The molecule has 0 radical (unpaired) electrons. The molecule has 2 aliphatic carbocycles. The van der Waals surface area contributed by atoms with Crippen molar-refractivity contribution in [1.82, 2.24) is 0 Å². The molecular formula is C24H41N. The molecule has 2 rings (SSSR count). The molecule has 2 fully saturated rings. The number of rotatable bonds is 10. The Balaban J connectivity index is 1.65. The van der Waals surface area contributed by atoms with E-state index in [-0.39, 0.29) is 5.41 Å². The molecule has 0 bridgehead atoms. The summed E-state index contributed by atoms with van der Waals surface area (Å²) in [7, 11) is 0. The minimum Gasteiger partial charge on any atom is -0.198 e. The molecule has 0 amide bonds. The third kappa shape index (κ3) is 6.47. The number of hydrogen-bond acceptors (Lipinski definition) is 1. The summed E-state index contributed by atoms with van der Waals surface area (Å²) in [5.74, 6) is 2.90. The summed E-state index contributed by atoms with van der Waals surface area (Å²) in [6.45, 7) is 6.13. The average molecular weight is 344 g/mol. The molecule has 142 valence electrons. The van der Waals surface area contributed by atoms with Crippen molar-refractivity contribution in [3.63, 3.8) is 0 Å². The summed E-state index contributed by atoms with van der Waals surface area (Å²) in [6, 6.07) is 2.67. The van der Waals surface area contributed by atoms with E-state index in [4.69, 9.17) is 0 Å². The van der Waals surface area contributed by atoms with Gasteiger partial charge in [-0.05, 0) is 69.1 Å². The summed E-state index contributed by atoms with van der Waals surface area (Å²) in [5.41, 5.74) is -0.0274.